The van der Waals surface area contributed by atoms with Crippen LogP contribution in [0.3, 0.4) is 0 Å². The molecule has 0 aliphatic rings. The number of halogens is 1. The van der Waals surface area contributed by atoms with E-state index in [2.05, 4.69) is 17.2 Å². The number of para-hydroxylation sites is 1. The monoisotopic (exact) mass is 490 g/mol. The molecular formula is C28H27ClN2O4. The second kappa shape index (κ2) is 11.6. The average Bonchev–Trinajstić information content (AvgIpc) is 2.90. The molecule has 4 aromatic rings. The molecule has 0 aliphatic carbocycles. The van der Waals surface area contributed by atoms with Crippen molar-refractivity contribution in [3.63, 3.8) is 0 Å². The van der Waals surface area contributed by atoms with Gasteiger partial charge < -0.3 is 19.9 Å². The molecule has 1 aromatic heterocycles. The van der Waals surface area contributed by atoms with Crippen molar-refractivity contribution in [2.45, 2.75) is 25.8 Å². The van der Waals surface area contributed by atoms with Crippen LogP contribution in [0.1, 0.15) is 36.9 Å². The van der Waals surface area contributed by atoms with Crippen molar-refractivity contribution in [2.75, 3.05) is 13.2 Å². The van der Waals surface area contributed by atoms with Crippen molar-refractivity contribution in [3.8, 4) is 17.2 Å². The zero-order valence-electron chi connectivity index (χ0n) is 19.4. The molecule has 6 nitrogen and oxygen atoms in total. The van der Waals surface area contributed by atoms with Crippen LogP contribution in [-0.4, -0.2) is 29.2 Å². The second-order valence-electron chi connectivity index (χ2n) is 8.07. The maximum absolute atomic E-state index is 12.9. The Hall–Kier alpha value is -3.77. The number of unbranched alkanes of at least 4 members (excludes halogenated alkanes) is 1. The predicted molar refractivity (Wildman–Crippen MR) is 137 cm³/mol. The summed E-state index contributed by atoms with van der Waals surface area (Å²) < 4.78 is 11.4. The van der Waals surface area contributed by atoms with Gasteiger partial charge in [0.15, 0.2) is 6.61 Å². The lowest BCUT2D eigenvalue weighted by atomic mass is 9.96. The van der Waals surface area contributed by atoms with Crippen molar-refractivity contribution in [3.05, 3.63) is 95.1 Å². The topological polar surface area (TPSA) is 80.7 Å². The van der Waals surface area contributed by atoms with Gasteiger partial charge in [0.05, 0.1) is 17.7 Å². The van der Waals surface area contributed by atoms with Crippen LogP contribution >= 0.6 is 11.6 Å². The molecule has 0 radical (unpaired) electrons. The summed E-state index contributed by atoms with van der Waals surface area (Å²) in [5.41, 5.74) is 1.56. The van der Waals surface area contributed by atoms with E-state index >= 15 is 0 Å². The van der Waals surface area contributed by atoms with Gasteiger partial charge in [-0.05, 0) is 54.4 Å². The maximum atomic E-state index is 12.9. The van der Waals surface area contributed by atoms with E-state index in [0.29, 0.717) is 33.8 Å². The lowest BCUT2D eigenvalue weighted by Gasteiger charge is -2.22. The largest absolute Gasteiger partial charge is 0.505 e. The highest BCUT2D eigenvalue weighted by Gasteiger charge is 2.23. The Morgan fingerprint density at radius 1 is 1.03 bits per heavy atom. The van der Waals surface area contributed by atoms with Crippen LogP contribution in [0.5, 0.6) is 17.2 Å². The van der Waals surface area contributed by atoms with E-state index in [1.54, 1.807) is 36.5 Å². The normalized spacial score (nSPS) is 11.7. The van der Waals surface area contributed by atoms with E-state index in [4.69, 9.17) is 21.1 Å². The van der Waals surface area contributed by atoms with Gasteiger partial charge in [-0.1, -0.05) is 55.3 Å². The van der Waals surface area contributed by atoms with E-state index in [-0.39, 0.29) is 18.3 Å². The Morgan fingerprint density at radius 2 is 1.77 bits per heavy atom. The van der Waals surface area contributed by atoms with Gasteiger partial charge in [0.1, 0.15) is 22.8 Å². The number of aromatic hydroxyl groups is 1. The number of nitrogens with one attached hydrogen (secondary N) is 1. The molecule has 1 amide bonds. The fourth-order valence-corrected chi connectivity index (χ4v) is 4.00. The number of phenols is 1. The summed E-state index contributed by atoms with van der Waals surface area (Å²) in [5.74, 6) is 0.942. The highest BCUT2D eigenvalue weighted by molar-refractivity contribution is 6.35. The number of phenolic OH excluding ortho intramolecular Hbond substituents is 1. The summed E-state index contributed by atoms with van der Waals surface area (Å²) in [4.78, 5) is 17.2. The molecule has 4 rings (SSSR count). The quantitative estimate of drug-likeness (QED) is 0.264. The zero-order valence-corrected chi connectivity index (χ0v) is 20.2. The molecule has 0 saturated heterocycles. The number of carbonyl (C=O) groups excluding carboxylic acids is 1. The summed E-state index contributed by atoms with van der Waals surface area (Å²) in [6.45, 7) is 2.57. The summed E-state index contributed by atoms with van der Waals surface area (Å²) in [5, 5.41) is 15.1. The van der Waals surface area contributed by atoms with Crippen LogP contribution in [0.2, 0.25) is 5.02 Å². The van der Waals surface area contributed by atoms with Gasteiger partial charge in [0.2, 0.25) is 0 Å². The molecule has 1 atom stereocenters. The molecule has 7 heteroatoms. The Kier molecular flexibility index (Phi) is 8.06. The van der Waals surface area contributed by atoms with Crippen LogP contribution in [0, 0.1) is 0 Å². The molecule has 35 heavy (non-hydrogen) atoms. The van der Waals surface area contributed by atoms with Gasteiger partial charge >= 0.3 is 0 Å². The standard InChI is InChI=1S/C28H27ClN2O4/c1-2-3-16-34-21-13-11-19(12-14-21)26(31-25(32)18-35-20-8-5-4-6-9-20)23-17-24(29)22-10-7-15-30-27(22)28(23)33/h4-15,17,26,33H,2-3,16,18H2,1H3,(H,31,32). The molecule has 0 spiro atoms. The van der Waals surface area contributed by atoms with E-state index in [1.807, 2.05) is 42.5 Å². The minimum atomic E-state index is -0.685. The number of benzene rings is 3. The molecular weight excluding hydrogens is 464 g/mol. The molecule has 0 aliphatic heterocycles. The second-order valence-corrected chi connectivity index (χ2v) is 8.48. The number of amides is 1. The molecule has 0 saturated carbocycles. The number of hydrogen-bond acceptors (Lipinski definition) is 5. The van der Waals surface area contributed by atoms with Crippen LogP contribution in [0.15, 0.2) is 79.0 Å². The van der Waals surface area contributed by atoms with Crippen LogP contribution < -0.4 is 14.8 Å². The molecule has 2 N–H and O–H groups in total. The first-order chi connectivity index (χ1) is 17.1. The molecule has 180 valence electrons. The van der Waals surface area contributed by atoms with E-state index in [1.165, 1.54) is 0 Å². The number of pyridine rings is 1. The van der Waals surface area contributed by atoms with Gasteiger partial charge in [-0.2, -0.15) is 0 Å². The van der Waals surface area contributed by atoms with Gasteiger partial charge in [0.25, 0.3) is 5.91 Å². The summed E-state index contributed by atoms with van der Waals surface area (Å²) in [6, 6.07) is 21.0. The van der Waals surface area contributed by atoms with Crippen molar-refractivity contribution < 1.29 is 19.4 Å². The number of carbonyl (C=O) groups is 1. The molecule has 1 heterocycles. The smallest absolute Gasteiger partial charge is 0.258 e. The summed E-state index contributed by atoms with van der Waals surface area (Å²) in [7, 11) is 0. The van der Waals surface area contributed by atoms with E-state index < -0.39 is 6.04 Å². The van der Waals surface area contributed by atoms with Crippen molar-refractivity contribution in [1.29, 1.82) is 0 Å². The third-order valence-corrected chi connectivity index (χ3v) is 5.87. The lowest BCUT2D eigenvalue weighted by molar-refractivity contribution is -0.123. The Morgan fingerprint density at radius 3 is 2.51 bits per heavy atom. The minimum absolute atomic E-state index is 0.0393. The average molecular weight is 491 g/mol. The predicted octanol–water partition coefficient (Wildman–Crippen LogP) is 6.06. The minimum Gasteiger partial charge on any atom is -0.505 e. The number of nitrogens with zero attached hydrogens (tertiary/aromatic N) is 1. The summed E-state index contributed by atoms with van der Waals surface area (Å²) >= 11 is 6.53. The third-order valence-electron chi connectivity index (χ3n) is 5.55. The van der Waals surface area contributed by atoms with Gasteiger partial charge in [0, 0.05) is 17.1 Å². The van der Waals surface area contributed by atoms with Gasteiger partial charge in [-0.15, -0.1) is 0 Å². The van der Waals surface area contributed by atoms with Crippen molar-refractivity contribution >= 4 is 28.4 Å². The highest BCUT2D eigenvalue weighted by Crippen LogP contribution is 2.38. The van der Waals surface area contributed by atoms with Crippen LogP contribution in [0.25, 0.3) is 10.9 Å². The molecule has 0 bridgehead atoms. The zero-order chi connectivity index (χ0) is 24.6. The number of ether oxygens (including phenoxy) is 2. The van der Waals surface area contributed by atoms with E-state index in [9.17, 15) is 9.90 Å². The molecule has 3 aromatic carbocycles. The number of fused-ring (bicyclic) bond motifs is 1. The Bertz CT molecular complexity index is 1280. The molecule has 0 fully saturated rings. The maximum Gasteiger partial charge on any atom is 0.258 e. The Balaban J connectivity index is 1.64. The lowest BCUT2D eigenvalue weighted by Crippen LogP contribution is -2.33. The summed E-state index contributed by atoms with van der Waals surface area (Å²) in [6.07, 6.45) is 3.61. The number of aromatic nitrogens is 1. The number of rotatable bonds is 10. The third kappa shape index (κ3) is 6.03. The fourth-order valence-electron chi connectivity index (χ4n) is 3.73. The first kappa shape index (κ1) is 24.4. The van der Waals surface area contributed by atoms with Gasteiger partial charge in [-0.25, -0.2) is 0 Å². The van der Waals surface area contributed by atoms with Gasteiger partial charge in [-0.3, -0.25) is 9.78 Å². The first-order valence-corrected chi connectivity index (χ1v) is 11.9. The van der Waals surface area contributed by atoms with Crippen LogP contribution in [-0.2, 0) is 4.79 Å². The number of hydrogen-bond donors (Lipinski definition) is 2. The van der Waals surface area contributed by atoms with Crippen LogP contribution in [0.4, 0.5) is 0 Å². The van der Waals surface area contributed by atoms with Crippen molar-refractivity contribution in [1.82, 2.24) is 10.3 Å². The van der Waals surface area contributed by atoms with E-state index in [0.717, 1.165) is 24.2 Å². The van der Waals surface area contributed by atoms with Crippen molar-refractivity contribution in [2.24, 2.45) is 0 Å². The Labute approximate surface area is 209 Å². The SMILES string of the molecule is CCCCOc1ccc(C(NC(=O)COc2ccccc2)c2cc(Cl)c3cccnc3c2O)cc1. The highest BCUT2D eigenvalue weighted by atomic mass is 35.5. The fraction of sp³-hybridized carbons (Fsp3) is 0.214. The first-order valence-electron chi connectivity index (χ1n) is 11.5. The molecule has 1 unspecified atom stereocenters.